The van der Waals surface area contributed by atoms with Crippen molar-refractivity contribution in [3.63, 3.8) is 0 Å². The lowest BCUT2D eigenvalue weighted by Crippen LogP contribution is -2.35. The van der Waals surface area contributed by atoms with Gasteiger partial charge in [-0.15, -0.1) is 0 Å². The Morgan fingerprint density at radius 2 is 2.13 bits per heavy atom. The molecule has 23 heavy (non-hydrogen) atoms. The van der Waals surface area contributed by atoms with E-state index in [4.69, 9.17) is 16.1 Å². The van der Waals surface area contributed by atoms with Crippen molar-refractivity contribution in [2.24, 2.45) is 0 Å². The second kappa shape index (κ2) is 7.78. The van der Waals surface area contributed by atoms with Crippen LogP contribution < -0.4 is 5.32 Å². The van der Waals surface area contributed by atoms with Crippen molar-refractivity contribution in [3.05, 3.63) is 46.7 Å². The zero-order valence-corrected chi connectivity index (χ0v) is 13.8. The number of likely N-dealkylation sites (N-methyl/N-ethyl adjacent to an activating group) is 1. The average Bonchev–Trinajstić information content (AvgIpc) is 2.89. The van der Waals surface area contributed by atoms with Crippen molar-refractivity contribution in [2.75, 3.05) is 18.9 Å². The van der Waals surface area contributed by atoms with Crippen LogP contribution in [0.2, 0.25) is 5.02 Å². The fourth-order valence-electron chi connectivity index (χ4n) is 2.05. The largest absolute Gasteiger partial charge is 0.360 e. The van der Waals surface area contributed by atoms with Crippen LogP contribution in [0.3, 0.4) is 0 Å². The highest BCUT2D eigenvalue weighted by atomic mass is 35.5. The molecule has 0 unspecified atom stereocenters. The number of amides is 2. The summed E-state index contributed by atoms with van der Waals surface area (Å²) >= 11 is 5.91. The van der Waals surface area contributed by atoms with Crippen molar-refractivity contribution in [3.8, 4) is 0 Å². The highest BCUT2D eigenvalue weighted by molar-refractivity contribution is 6.30. The molecule has 0 saturated heterocycles. The monoisotopic (exact) mass is 335 g/mol. The summed E-state index contributed by atoms with van der Waals surface area (Å²) in [6.07, 6.45) is 0.890. The molecule has 0 spiro atoms. The molecule has 6 nitrogen and oxygen atoms in total. The number of aromatic nitrogens is 1. The van der Waals surface area contributed by atoms with Gasteiger partial charge in [0.25, 0.3) is 0 Å². The normalized spacial score (nSPS) is 10.4. The Morgan fingerprint density at radius 3 is 2.78 bits per heavy atom. The van der Waals surface area contributed by atoms with Gasteiger partial charge < -0.3 is 14.7 Å². The summed E-state index contributed by atoms with van der Waals surface area (Å²) in [5.74, 6) is 0.506. The van der Waals surface area contributed by atoms with Crippen LogP contribution in [0.15, 0.2) is 34.9 Å². The van der Waals surface area contributed by atoms with Gasteiger partial charge in [0.05, 0.1) is 6.54 Å². The smallest absolute Gasteiger partial charge is 0.245 e. The Bertz CT molecular complexity index is 699. The number of hydrogen-bond donors (Lipinski definition) is 1. The van der Waals surface area contributed by atoms with E-state index in [0.717, 1.165) is 5.56 Å². The van der Waals surface area contributed by atoms with Gasteiger partial charge in [0, 0.05) is 24.6 Å². The van der Waals surface area contributed by atoms with Gasteiger partial charge in [-0.05, 0) is 31.0 Å². The third-order valence-electron chi connectivity index (χ3n) is 3.22. The van der Waals surface area contributed by atoms with Gasteiger partial charge in [-0.3, -0.25) is 9.59 Å². The van der Waals surface area contributed by atoms with E-state index in [0.29, 0.717) is 29.4 Å². The van der Waals surface area contributed by atoms with E-state index in [2.05, 4.69) is 10.5 Å². The lowest BCUT2D eigenvalue weighted by Gasteiger charge is -2.16. The van der Waals surface area contributed by atoms with Gasteiger partial charge in [-0.2, -0.15) is 0 Å². The molecule has 2 amide bonds. The number of hydrogen-bond acceptors (Lipinski definition) is 4. The molecule has 0 aliphatic rings. The molecule has 0 atom stereocenters. The van der Waals surface area contributed by atoms with Crippen LogP contribution in [-0.2, 0) is 16.0 Å². The molecule has 0 radical (unpaired) electrons. The number of anilines is 1. The minimum absolute atomic E-state index is 0.0414. The van der Waals surface area contributed by atoms with Gasteiger partial charge in [-0.25, -0.2) is 0 Å². The van der Waals surface area contributed by atoms with Crippen LogP contribution in [0, 0.1) is 6.92 Å². The summed E-state index contributed by atoms with van der Waals surface area (Å²) in [5.41, 5.74) is 0.988. The van der Waals surface area contributed by atoms with Crippen LogP contribution in [0.4, 0.5) is 5.82 Å². The van der Waals surface area contributed by atoms with E-state index in [9.17, 15) is 9.59 Å². The number of carbonyl (C=O) groups is 2. The summed E-state index contributed by atoms with van der Waals surface area (Å²) < 4.78 is 4.86. The van der Waals surface area contributed by atoms with Gasteiger partial charge >= 0.3 is 0 Å². The first-order chi connectivity index (χ1) is 10.9. The van der Waals surface area contributed by atoms with Crippen LogP contribution >= 0.6 is 11.6 Å². The van der Waals surface area contributed by atoms with Crippen molar-refractivity contribution >= 4 is 29.2 Å². The van der Waals surface area contributed by atoms with Crippen LogP contribution in [0.1, 0.15) is 17.7 Å². The van der Waals surface area contributed by atoms with Gasteiger partial charge in [0.1, 0.15) is 5.76 Å². The summed E-state index contributed by atoms with van der Waals surface area (Å²) in [4.78, 5) is 25.3. The fraction of sp³-hybridized carbons (Fsp3) is 0.312. The first-order valence-electron chi connectivity index (χ1n) is 7.15. The molecule has 0 bridgehead atoms. The Hall–Kier alpha value is -2.34. The highest BCUT2D eigenvalue weighted by Gasteiger charge is 2.14. The summed E-state index contributed by atoms with van der Waals surface area (Å²) in [7, 11) is 1.59. The van der Waals surface area contributed by atoms with Gasteiger partial charge in [0.2, 0.25) is 11.8 Å². The molecule has 7 heteroatoms. The fourth-order valence-corrected chi connectivity index (χ4v) is 2.26. The molecule has 0 aliphatic heterocycles. The van der Waals surface area contributed by atoms with Crippen molar-refractivity contribution in [1.82, 2.24) is 10.1 Å². The third kappa shape index (κ3) is 5.41. The maximum Gasteiger partial charge on any atom is 0.245 e. The van der Waals surface area contributed by atoms with E-state index in [1.807, 2.05) is 18.2 Å². The molecule has 0 fully saturated rings. The van der Waals surface area contributed by atoms with Crippen LogP contribution in [0.25, 0.3) is 0 Å². The first kappa shape index (κ1) is 17.0. The van der Waals surface area contributed by atoms with E-state index in [-0.39, 0.29) is 18.4 Å². The average molecular weight is 336 g/mol. The molecule has 2 aromatic rings. The quantitative estimate of drug-likeness (QED) is 0.880. The van der Waals surface area contributed by atoms with Crippen LogP contribution in [0.5, 0.6) is 0 Å². The maximum absolute atomic E-state index is 12.1. The number of nitrogens with one attached hydrogen (secondary N) is 1. The van der Waals surface area contributed by atoms with Crippen molar-refractivity contribution in [1.29, 1.82) is 0 Å². The van der Waals surface area contributed by atoms with Gasteiger partial charge in [0.15, 0.2) is 5.82 Å². The van der Waals surface area contributed by atoms with E-state index < -0.39 is 0 Å². The number of aryl methyl sites for hydroxylation is 2. The SMILES string of the molecule is Cc1cc(NC(=O)CN(C)C(=O)CCc2cccc(Cl)c2)no1. The Morgan fingerprint density at radius 1 is 1.35 bits per heavy atom. The number of nitrogens with zero attached hydrogens (tertiary/aromatic N) is 2. The maximum atomic E-state index is 12.1. The highest BCUT2D eigenvalue weighted by Crippen LogP contribution is 2.12. The van der Waals surface area contributed by atoms with E-state index >= 15 is 0 Å². The zero-order chi connectivity index (χ0) is 16.8. The Balaban J connectivity index is 1.79. The van der Waals surface area contributed by atoms with Crippen LogP contribution in [-0.4, -0.2) is 35.5 Å². The topological polar surface area (TPSA) is 75.4 Å². The Labute approximate surface area is 139 Å². The van der Waals surface area contributed by atoms with Crippen molar-refractivity contribution in [2.45, 2.75) is 19.8 Å². The standard InChI is InChI=1S/C16H18ClN3O3/c1-11-8-14(19-23-11)18-15(21)10-20(2)16(22)7-6-12-4-3-5-13(17)9-12/h3-5,8-9H,6-7,10H2,1-2H3,(H,18,19,21). The second-order valence-corrected chi connectivity index (χ2v) is 5.69. The molecule has 1 aromatic carbocycles. The Kier molecular flexibility index (Phi) is 5.76. The number of halogens is 1. The van der Waals surface area contributed by atoms with E-state index in [1.165, 1.54) is 4.90 Å². The molecule has 1 N–H and O–H groups in total. The first-order valence-corrected chi connectivity index (χ1v) is 7.53. The minimum Gasteiger partial charge on any atom is -0.360 e. The molecule has 0 aliphatic carbocycles. The minimum atomic E-state index is -0.322. The molecular weight excluding hydrogens is 318 g/mol. The molecular formula is C16H18ClN3O3. The van der Waals surface area contributed by atoms with E-state index in [1.54, 1.807) is 26.1 Å². The van der Waals surface area contributed by atoms with Gasteiger partial charge in [-0.1, -0.05) is 28.9 Å². The summed E-state index contributed by atoms with van der Waals surface area (Å²) in [6, 6.07) is 8.99. The molecule has 1 heterocycles. The number of rotatable bonds is 6. The molecule has 2 rings (SSSR count). The third-order valence-corrected chi connectivity index (χ3v) is 3.45. The molecule has 1 aromatic heterocycles. The predicted octanol–water partition coefficient (Wildman–Crippen LogP) is 2.67. The zero-order valence-electron chi connectivity index (χ0n) is 13.0. The summed E-state index contributed by atoms with van der Waals surface area (Å²) in [6.45, 7) is 1.69. The summed E-state index contributed by atoms with van der Waals surface area (Å²) in [5, 5.41) is 6.89. The lowest BCUT2D eigenvalue weighted by molar-refractivity contribution is -0.133. The number of benzene rings is 1. The molecule has 0 saturated carbocycles. The number of carbonyl (C=O) groups excluding carboxylic acids is 2. The van der Waals surface area contributed by atoms with Crippen molar-refractivity contribution < 1.29 is 14.1 Å². The second-order valence-electron chi connectivity index (χ2n) is 5.25. The molecule has 122 valence electrons. The predicted molar refractivity (Wildman–Crippen MR) is 87.3 cm³/mol. The lowest BCUT2D eigenvalue weighted by atomic mass is 10.1.